The minimum atomic E-state index is -4.81. The zero-order chi connectivity index (χ0) is 16.3. The number of carbonyl (C=O) groups is 2. The third-order valence-corrected chi connectivity index (χ3v) is 3.49. The van der Waals surface area contributed by atoms with Gasteiger partial charge in [0.2, 0.25) is 0 Å². The molecule has 2 rings (SSSR count). The summed E-state index contributed by atoms with van der Waals surface area (Å²) in [7, 11) is 0. The van der Waals surface area contributed by atoms with E-state index in [1.165, 1.54) is 17.0 Å². The van der Waals surface area contributed by atoms with Gasteiger partial charge in [-0.05, 0) is 25.0 Å². The lowest BCUT2D eigenvalue weighted by molar-refractivity contribution is -0.274. The Morgan fingerprint density at radius 3 is 2.41 bits per heavy atom. The van der Waals surface area contributed by atoms with Crippen LogP contribution in [0.1, 0.15) is 23.2 Å². The van der Waals surface area contributed by atoms with Crippen LogP contribution in [0.3, 0.4) is 0 Å². The van der Waals surface area contributed by atoms with Crippen LogP contribution in [0.15, 0.2) is 24.3 Å². The number of ketones is 1. The molecule has 1 aliphatic rings. The Balaban J connectivity index is 2.04. The first kappa shape index (κ1) is 16.1. The van der Waals surface area contributed by atoms with Gasteiger partial charge in [0.1, 0.15) is 5.75 Å². The number of benzene rings is 1. The van der Waals surface area contributed by atoms with Crippen molar-refractivity contribution in [2.75, 3.05) is 13.1 Å². The van der Waals surface area contributed by atoms with Crippen molar-refractivity contribution in [1.82, 2.24) is 4.90 Å². The smallest absolute Gasteiger partial charge is 0.465 e. The molecule has 120 valence electrons. The van der Waals surface area contributed by atoms with Crippen molar-refractivity contribution in [2.24, 2.45) is 5.92 Å². The minimum Gasteiger partial charge on any atom is -0.465 e. The highest BCUT2D eigenvalue weighted by Gasteiger charge is 2.32. The third kappa shape index (κ3) is 4.12. The average Bonchev–Trinajstić information content (AvgIpc) is 2.45. The van der Waals surface area contributed by atoms with Gasteiger partial charge in [-0.3, -0.25) is 4.79 Å². The highest BCUT2D eigenvalue weighted by Crippen LogP contribution is 2.26. The van der Waals surface area contributed by atoms with Crippen LogP contribution < -0.4 is 4.74 Å². The van der Waals surface area contributed by atoms with Gasteiger partial charge < -0.3 is 14.7 Å². The molecule has 1 aliphatic heterocycles. The zero-order valence-corrected chi connectivity index (χ0v) is 11.5. The molecule has 0 bridgehead atoms. The molecule has 1 fully saturated rings. The largest absolute Gasteiger partial charge is 0.573 e. The standard InChI is InChI=1S/C14H14F3NO4/c15-14(16,17)22-11-3-1-2-10(8-11)12(19)9-4-6-18(7-5-9)13(20)21/h1-3,8-9H,4-7H2,(H,20,21). The zero-order valence-electron chi connectivity index (χ0n) is 11.5. The van der Waals surface area contributed by atoms with Gasteiger partial charge in [0.05, 0.1) is 0 Å². The summed E-state index contributed by atoms with van der Waals surface area (Å²) in [5.41, 5.74) is 0.135. The fraction of sp³-hybridized carbons (Fsp3) is 0.429. The van der Waals surface area contributed by atoms with Gasteiger partial charge in [0.15, 0.2) is 5.78 Å². The molecule has 8 heteroatoms. The minimum absolute atomic E-state index is 0.135. The Morgan fingerprint density at radius 2 is 1.86 bits per heavy atom. The number of amides is 1. The number of nitrogens with zero attached hydrogens (tertiary/aromatic N) is 1. The molecule has 0 unspecified atom stereocenters. The van der Waals surface area contributed by atoms with E-state index >= 15 is 0 Å². The number of ether oxygens (including phenoxy) is 1. The number of Topliss-reactive ketones (excluding diaryl/α,β-unsaturated/α-hetero) is 1. The normalized spacial score (nSPS) is 16.4. The molecule has 1 aromatic rings. The summed E-state index contributed by atoms with van der Waals surface area (Å²) in [6.45, 7) is 0.481. The highest BCUT2D eigenvalue weighted by atomic mass is 19.4. The van der Waals surface area contributed by atoms with Crippen LogP contribution in [0.2, 0.25) is 0 Å². The first-order valence-corrected chi connectivity index (χ1v) is 6.64. The maximum atomic E-state index is 12.3. The lowest BCUT2D eigenvalue weighted by atomic mass is 9.89. The quantitative estimate of drug-likeness (QED) is 0.870. The summed E-state index contributed by atoms with van der Waals surface area (Å²) in [6, 6.07) is 4.92. The summed E-state index contributed by atoms with van der Waals surface area (Å²) in [5.74, 6) is -1.13. The maximum Gasteiger partial charge on any atom is 0.573 e. The molecule has 1 heterocycles. The second kappa shape index (κ2) is 6.25. The number of halogens is 3. The monoisotopic (exact) mass is 317 g/mol. The SMILES string of the molecule is O=C(c1cccc(OC(F)(F)F)c1)C1CCN(C(=O)O)CC1. The van der Waals surface area contributed by atoms with E-state index in [0.717, 1.165) is 12.1 Å². The summed E-state index contributed by atoms with van der Waals surface area (Å²) in [6.07, 6.45) is -5.13. The number of hydrogen-bond donors (Lipinski definition) is 1. The van der Waals surface area contributed by atoms with Crippen LogP contribution in [0, 0.1) is 5.92 Å². The van der Waals surface area contributed by atoms with Gasteiger partial charge >= 0.3 is 12.5 Å². The molecular formula is C14H14F3NO4. The van der Waals surface area contributed by atoms with E-state index in [1.807, 2.05) is 0 Å². The number of alkyl halides is 3. The molecule has 0 spiro atoms. The van der Waals surface area contributed by atoms with Crippen LogP contribution in [0.4, 0.5) is 18.0 Å². The van der Waals surface area contributed by atoms with E-state index in [1.54, 1.807) is 0 Å². The lowest BCUT2D eigenvalue weighted by Crippen LogP contribution is -2.39. The Hall–Kier alpha value is -2.25. The van der Waals surface area contributed by atoms with Crippen molar-refractivity contribution in [2.45, 2.75) is 19.2 Å². The van der Waals surface area contributed by atoms with E-state index in [-0.39, 0.29) is 24.4 Å². The molecule has 1 N–H and O–H groups in total. The highest BCUT2D eigenvalue weighted by molar-refractivity contribution is 5.98. The van der Waals surface area contributed by atoms with Gasteiger partial charge in [-0.1, -0.05) is 12.1 Å². The van der Waals surface area contributed by atoms with Crippen molar-refractivity contribution >= 4 is 11.9 Å². The molecule has 22 heavy (non-hydrogen) atoms. The fourth-order valence-corrected chi connectivity index (χ4v) is 2.42. The van der Waals surface area contributed by atoms with Crippen LogP contribution in [0.5, 0.6) is 5.75 Å². The molecule has 0 aromatic heterocycles. The predicted molar refractivity (Wildman–Crippen MR) is 69.8 cm³/mol. The Labute approximate surface area is 124 Å². The van der Waals surface area contributed by atoms with Gasteiger partial charge in [0, 0.05) is 24.6 Å². The maximum absolute atomic E-state index is 12.3. The van der Waals surface area contributed by atoms with Gasteiger partial charge in [-0.2, -0.15) is 0 Å². The summed E-state index contributed by atoms with van der Waals surface area (Å²) >= 11 is 0. The van der Waals surface area contributed by atoms with Crippen molar-refractivity contribution in [3.8, 4) is 5.75 Å². The molecule has 1 amide bonds. The number of carbonyl (C=O) groups excluding carboxylic acids is 1. The molecule has 1 aromatic carbocycles. The van der Waals surface area contributed by atoms with E-state index in [0.29, 0.717) is 12.8 Å². The summed E-state index contributed by atoms with van der Waals surface area (Å²) in [5, 5.41) is 8.84. The molecule has 0 saturated carbocycles. The van der Waals surface area contributed by atoms with E-state index < -0.39 is 24.1 Å². The predicted octanol–water partition coefficient (Wildman–Crippen LogP) is 3.16. The van der Waals surface area contributed by atoms with Gasteiger partial charge in [-0.25, -0.2) is 4.79 Å². The first-order chi connectivity index (χ1) is 10.3. The molecule has 1 saturated heterocycles. The van der Waals surface area contributed by atoms with Crippen LogP contribution in [-0.2, 0) is 0 Å². The molecule has 0 radical (unpaired) electrons. The average molecular weight is 317 g/mol. The fourth-order valence-electron chi connectivity index (χ4n) is 2.42. The van der Waals surface area contributed by atoms with E-state index in [4.69, 9.17) is 5.11 Å². The number of hydrogen-bond acceptors (Lipinski definition) is 3. The molecule has 0 aliphatic carbocycles. The second-order valence-electron chi connectivity index (χ2n) is 4.98. The van der Waals surface area contributed by atoms with Crippen LogP contribution >= 0.6 is 0 Å². The second-order valence-corrected chi connectivity index (χ2v) is 4.98. The Kier molecular flexibility index (Phi) is 4.58. The third-order valence-electron chi connectivity index (χ3n) is 3.49. The van der Waals surface area contributed by atoms with Gasteiger partial charge in [0.25, 0.3) is 0 Å². The number of rotatable bonds is 3. The molecule has 0 atom stereocenters. The van der Waals surface area contributed by atoms with Crippen molar-refractivity contribution in [3.63, 3.8) is 0 Å². The van der Waals surface area contributed by atoms with E-state index in [2.05, 4.69) is 4.74 Å². The molecule has 5 nitrogen and oxygen atoms in total. The van der Waals surface area contributed by atoms with Crippen molar-refractivity contribution in [3.05, 3.63) is 29.8 Å². The van der Waals surface area contributed by atoms with Gasteiger partial charge in [-0.15, -0.1) is 13.2 Å². The topological polar surface area (TPSA) is 66.8 Å². The van der Waals surface area contributed by atoms with Crippen molar-refractivity contribution < 1.29 is 32.6 Å². The molecular weight excluding hydrogens is 303 g/mol. The Bertz CT molecular complexity index is 565. The number of carboxylic acid groups (broad SMARTS) is 1. The van der Waals surface area contributed by atoms with E-state index in [9.17, 15) is 22.8 Å². The number of piperidine rings is 1. The Morgan fingerprint density at radius 1 is 1.23 bits per heavy atom. The number of likely N-dealkylation sites (tertiary alicyclic amines) is 1. The first-order valence-electron chi connectivity index (χ1n) is 6.64. The summed E-state index contributed by atoms with van der Waals surface area (Å²) < 4.78 is 40.3. The van der Waals surface area contributed by atoms with Crippen LogP contribution in [0.25, 0.3) is 0 Å². The van der Waals surface area contributed by atoms with Crippen molar-refractivity contribution in [1.29, 1.82) is 0 Å². The lowest BCUT2D eigenvalue weighted by Gasteiger charge is -2.29. The summed E-state index contributed by atoms with van der Waals surface area (Å²) in [4.78, 5) is 24.3. The van der Waals surface area contributed by atoms with Crippen LogP contribution in [-0.4, -0.2) is 41.3 Å².